The summed E-state index contributed by atoms with van der Waals surface area (Å²) in [5.41, 5.74) is 1.94. The molecule has 0 aliphatic rings. The second-order valence-corrected chi connectivity index (χ2v) is 8.08. The van der Waals surface area contributed by atoms with Crippen LogP contribution in [-0.4, -0.2) is 34.4 Å². The number of sulfone groups is 1. The predicted molar refractivity (Wildman–Crippen MR) is 101 cm³/mol. The highest BCUT2D eigenvalue weighted by molar-refractivity contribution is 7.90. The second-order valence-electron chi connectivity index (χ2n) is 6.06. The zero-order chi connectivity index (χ0) is 19.2. The van der Waals surface area contributed by atoms with Crippen LogP contribution in [0.15, 0.2) is 53.4 Å². The van der Waals surface area contributed by atoms with E-state index in [2.05, 4.69) is 10.6 Å². The maximum atomic E-state index is 12.0. The van der Waals surface area contributed by atoms with Gasteiger partial charge in [0, 0.05) is 12.8 Å². The number of rotatable bonds is 7. The van der Waals surface area contributed by atoms with Gasteiger partial charge in [-0.3, -0.25) is 0 Å². The summed E-state index contributed by atoms with van der Waals surface area (Å²) in [6.45, 7) is 2.36. The Morgan fingerprint density at radius 2 is 1.69 bits per heavy atom. The summed E-state index contributed by atoms with van der Waals surface area (Å²) < 4.78 is 28.1. The minimum absolute atomic E-state index is 0.232. The number of urea groups is 1. The summed E-state index contributed by atoms with van der Waals surface area (Å²) in [5.74, 6) is 0.801. The Bertz CT molecular complexity index is 831. The van der Waals surface area contributed by atoms with Crippen LogP contribution in [0.4, 0.5) is 4.79 Å². The lowest BCUT2D eigenvalue weighted by atomic mass is 10.1. The number of nitrogens with one attached hydrogen (secondary N) is 2. The molecule has 0 aromatic heterocycles. The third kappa shape index (κ3) is 5.77. The van der Waals surface area contributed by atoms with Crippen molar-refractivity contribution in [2.24, 2.45) is 0 Å². The van der Waals surface area contributed by atoms with Crippen LogP contribution in [0.3, 0.4) is 0 Å². The molecular weight excluding hydrogens is 352 g/mol. The van der Waals surface area contributed by atoms with Gasteiger partial charge in [0.1, 0.15) is 5.75 Å². The van der Waals surface area contributed by atoms with Gasteiger partial charge in [0.15, 0.2) is 9.84 Å². The number of benzene rings is 2. The van der Waals surface area contributed by atoms with Gasteiger partial charge in [0.05, 0.1) is 18.0 Å². The number of amides is 2. The summed E-state index contributed by atoms with van der Waals surface area (Å²) in [6.07, 6.45) is 1.88. The molecule has 2 amide bonds. The summed E-state index contributed by atoms with van der Waals surface area (Å²) in [5, 5.41) is 5.66. The van der Waals surface area contributed by atoms with Crippen LogP contribution >= 0.6 is 0 Å². The van der Waals surface area contributed by atoms with E-state index in [4.69, 9.17) is 4.74 Å². The normalized spacial score (nSPS) is 12.3. The summed E-state index contributed by atoms with van der Waals surface area (Å²) in [4.78, 5) is 12.3. The average Bonchev–Trinajstić information content (AvgIpc) is 2.61. The summed E-state index contributed by atoms with van der Waals surface area (Å²) >= 11 is 0. The number of hydrogen-bond donors (Lipinski definition) is 2. The van der Waals surface area contributed by atoms with Crippen molar-refractivity contribution in [1.29, 1.82) is 0 Å². The fourth-order valence-corrected chi connectivity index (χ4v) is 3.08. The second kappa shape index (κ2) is 8.71. The molecule has 0 aliphatic heterocycles. The van der Waals surface area contributed by atoms with Crippen LogP contribution < -0.4 is 15.4 Å². The number of ether oxygens (including phenoxy) is 1. The molecule has 0 fully saturated rings. The standard InChI is InChI=1S/C19H24N2O4S/c1-14(16-6-10-18(11-7-16)26(3,23)24)21-19(22)20-13-12-15-4-8-17(25-2)9-5-15/h4-11,14H,12-13H2,1-3H3,(H2,20,21,22). The van der Waals surface area contributed by atoms with Crippen molar-refractivity contribution in [3.8, 4) is 5.75 Å². The van der Waals surface area contributed by atoms with Crippen molar-refractivity contribution in [3.63, 3.8) is 0 Å². The first kappa shape index (κ1) is 19.8. The van der Waals surface area contributed by atoms with E-state index in [0.29, 0.717) is 6.54 Å². The summed E-state index contributed by atoms with van der Waals surface area (Å²) in [7, 11) is -1.60. The molecule has 2 rings (SSSR count). The maximum absolute atomic E-state index is 12.0. The van der Waals surface area contributed by atoms with Crippen molar-refractivity contribution in [1.82, 2.24) is 10.6 Å². The molecule has 26 heavy (non-hydrogen) atoms. The Hall–Kier alpha value is -2.54. The van der Waals surface area contributed by atoms with Crippen LogP contribution in [-0.2, 0) is 16.3 Å². The molecule has 2 aromatic rings. The lowest BCUT2D eigenvalue weighted by Crippen LogP contribution is -2.38. The van der Waals surface area contributed by atoms with E-state index < -0.39 is 9.84 Å². The first-order valence-electron chi connectivity index (χ1n) is 8.27. The van der Waals surface area contributed by atoms with Crippen molar-refractivity contribution >= 4 is 15.9 Å². The van der Waals surface area contributed by atoms with E-state index in [1.54, 1.807) is 31.4 Å². The highest BCUT2D eigenvalue weighted by Gasteiger charge is 2.11. The number of carbonyl (C=O) groups excluding carboxylic acids is 1. The highest BCUT2D eigenvalue weighted by Crippen LogP contribution is 2.16. The molecule has 0 radical (unpaired) electrons. The lowest BCUT2D eigenvalue weighted by molar-refractivity contribution is 0.238. The van der Waals surface area contributed by atoms with Gasteiger partial charge >= 0.3 is 6.03 Å². The zero-order valence-corrected chi connectivity index (χ0v) is 16.0. The molecule has 0 saturated carbocycles. The van der Waals surface area contributed by atoms with Crippen LogP contribution in [0.2, 0.25) is 0 Å². The Morgan fingerprint density at radius 3 is 2.23 bits per heavy atom. The predicted octanol–water partition coefficient (Wildman–Crippen LogP) is 2.70. The van der Waals surface area contributed by atoms with Gasteiger partial charge in [-0.1, -0.05) is 24.3 Å². The van der Waals surface area contributed by atoms with Gasteiger partial charge in [0.25, 0.3) is 0 Å². The van der Waals surface area contributed by atoms with Gasteiger partial charge in [-0.2, -0.15) is 0 Å². The van der Waals surface area contributed by atoms with E-state index in [9.17, 15) is 13.2 Å². The maximum Gasteiger partial charge on any atom is 0.315 e. The smallest absolute Gasteiger partial charge is 0.315 e. The minimum atomic E-state index is -3.22. The SMILES string of the molecule is COc1ccc(CCNC(=O)NC(C)c2ccc(S(C)(=O)=O)cc2)cc1. The van der Waals surface area contributed by atoms with Gasteiger partial charge < -0.3 is 15.4 Å². The monoisotopic (exact) mass is 376 g/mol. The quantitative estimate of drug-likeness (QED) is 0.778. The Labute approximate surface area is 154 Å². The van der Waals surface area contributed by atoms with E-state index in [-0.39, 0.29) is 17.0 Å². The Balaban J connectivity index is 1.81. The molecule has 0 aliphatic carbocycles. The first-order valence-corrected chi connectivity index (χ1v) is 10.2. The van der Waals surface area contributed by atoms with Crippen LogP contribution in [0.25, 0.3) is 0 Å². The molecule has 0 bridgehead atoms. The van der Waals surface area contributed by atoms with Crippen molar-refractivity contribution in [3.05, 3.63) is 59.7 Å². The van der Waals surface area contributed by atoms with E-state index in [1.807, 2.05) is 31.2 Å². The molecule has 1 atom stereocenters. The fraction of sp³-hybridized carbons (Fsp3) is 0.316. The van der Waals surface area contributed by atoms with Gasteiger partial charge in [0.2, 0.25) is 0 Å². The minimum Gasteiger partial charge on any atom is -0.497 e. The van der Waals surface area contributed by atoms with E-state index in [0.717, 1.165) is 23.3 Å². The first-order chi connectivity index (χ1) is 12.3. The number of hydrogen-bond acceptors (Lipinski definition) is 4. The van der Waals surface area contributed by atoms with Crippen LogP contribution in [0.5, 0.6) is 5.75 Å². The molecule has 0 spiro atoms. The topological polar surface area (TPSA) is 84.5 Å². The molecule has 2 aromatic carbocycles. The number of carbonyl (C=O) groups is 1. The molecule has 1 unspecified atom stereocenters. The molecular formula is C19H24N2O4S. The van der Waals surface area contributed by atoms with E-state index in [1.165, 1.54) is 6.26 Å². The fourth-order valence-electron chi connectivity index (χ4n) is 2.45. The molecule has 140 valence electrons. The largest absolute Gasteiger partial charge is 0.497 e. The average molecular weight is 376 g/mol. The van der Waals surface area contributed by atoms with E-state index >= 15 is 0 Å². The van der Waals surface area contributed by atoms with Gasteiger partial charge in [-0.25, -0.2) is 13.2 Å². The zero-order valence-electron chi connectivity index (χ0n) is 15.2. The Morgan fingerprint density at radius 1 is 1.08 bits per heavy atom. The molecule has 6 nitrogen and oxygen atoms in total. The van der Waals surface area contributed by atoms with Gasteiger partial charge in [-0.15, -0.1) is 0 Å². The van der Waals surface area contributed by atoms with Crippen molar-refractivity contribution < 1.29 is 17.9 Å². The summed E-state index contributed by atoms with van der Waals surface area (Å²) in [6, 6.07) is 13.7. The number of methoxy groups -OCH3 is 1. The van der Waals surface area contributed by atoms with Crippen LogP contribution in [0, 0.1) is 0 Å². The molecule has 0 heterocycles. The lowest BCUT2D eigenvalue weighted by Gasteiger charge is -2.15. The van der Waals surface area contributed by atoms with Crippen LogP contribution in [0.1, 0.15) is 24.1 Å². The molecule has 2 N–H and O–H groups in total. The highest BCUT2D eigenvalue weighted by atomic mass is 32.2. The third-order valence-corrected chi connectivity index (χ3v) is 5.14. The molecule has 7 heteroatoms. The molecule has 0 saturated heterocycles. The van der Waals surface area contributed by atoms with Crippen molar-refractivity contribution in [2.75, 3.05) is 19.9 Å². The third-order valence-electron chi connectivity index (χ3n) is 4.01. The van der Waals surface area contributed by atoms with Crippen molar-refractivity contribution in [2.45, 2.75) is 24.3 Å². The van der Waals surface area contributed by atoms with Gasteiger partial charge in [-0.05, 0) is 48.7 Å². The Kier molecular flexibility index (Phi) is 6.63.